The molecule has 0 saturated heterocycles. The second-order valence-electron chi connectivity index (χ2n) is 11.4. The first-order valence-corrected chi connectivity index (χ1v) is 14.9. The van der Waals surface area contributed by atoms with Gasteiger partial charge in [-0.15, -0.1) is 11.3 Å². The summed E-state index contributed by atoms with van der Waals surface area (Å²) in [5, 5.41) is 38.9. The van der Waals surface area contributed by atoms with Crippen LogP contribution in [0.1, 0.15) is 69.7 Å². The zero-order valence-electron chi connectivity index (χ0n) is 22.2. The van der Waals surface area contributed by atoms with Crippen molar-refractivity contribution < 1.29 is 15.3 Å². The van der Waals surface area contributed by atoms with Gasteiger partial charge in [0.15, 0.2) is 0 Å². The summed E-state index contributed by atoms with van der Waals surface area (Å²) in [5.74, 6) is 1.47. The second-order valence-corrected chi connectivity index (χ2v) is 12.4. The van der Waals surface area contributed by atoms with E-state index in [-0.39, 0.29) is 18.1 Å². The predicted octanol–water partition coefficient (Wildman–Crippen LogP) is 4.06. The number of hydrogen-bond acceptors (Lipinski definition) is 10. The number of hydrogen-bond donors (Lipinski definition) is 5. The lowest BCUT2D eigenvalue weighted by atomic mass is 9.96. The Morgan fingerprint density at radius 3 is 2.58 bits per heavy atom. The maximum Gasteiger partial charge on any atom is 0.225 e. The molecular formula is C28H38N6O3S. The van der Waals surface area contributed by atoms with Gasteiger partial charge in [-0.3, -0.25) is 4.98 Å². The van der Waals surface area contributed by atoms with E-state index in [4.69, 9.17) is 15.0 Å². The van der Waals surface area contributed by atoms with Crippen LogP contribution in [0.3, 0.4) is 0 Å². The van der Waals surface area contributed by atoms with Crippen LogP contribution in [0, 0.1) is 18.8 Å². The van der Waals surface area contributed by atoms with Crippen molar-refractivity contribution >= 4 is 33.3 Å². The minimum atomic E-state index is -1.00. The van der Waals surface area contributed by atoms with Crippen molar-refractivity contribution in [3.63, 3.8) is 0 Å². The van der Waals surface area contributed by atoms with Gasteiger partial charge in [-0.2, -0.15) is 4.98 Å². The minimum Gasteiger partial charge on any atom is -0.396 e. The summed E-state index contributed by atoms with van der Waals surface area (Å²) in [5.41, 5.74) is 3.61. The number of nitrogens with one attached hydrogen (secondary N) is 2. The molecule has 3 aromatic rings. The topological polar surface area (TPSA) is 136 Å². The molecule has 0 bridgehead atoms. The number of nitrogens with zero attached hydrogens (tertiary/aromatic N) is 4. The van der Waals surface area contributed by atoms with Crippen LogP contribution in [0.25, 0.3) is 20.8 Å². The number of pyridine rings is 1. The highest BCUT2D eigenvalue weighted by Crippen LogP contribution is 2.51. The number of thiazole rings is 1. The maximum absolute atomic E-state index is 10.8. The first-order chi connectivity index (χ1) is 18.4. The number of rotatable bonds is 9. The van der Waals surface area contributed by atoms with Crippen LogP contribution in [0.4, 0.5) is 11.8 Å². The molecule has 0 radical (unpaired) electrons. The summed E-state index contributed by atoms with van der Waals surface area (Å²) in [6.45, 7) is 3.95. The maximum atomic E-state index is 10.8. The number of aromatic nitrogens is 4. The predicted molar refractivity (Wildman–Crippen MR) is 149 cm³/mol. The Hall–Kier alpha value is -2.40. The van der Waals surface area contributed by atoms with E-state index in [1.165, 1.54) is 25.7 Å². The molecule has 38 heavy (non-hydrogen) atoms. The van der Waals surface area contributed by atoms with Crippen molar-refractivity contribution in [2.45, 2.75) is 95.4 Å². The third kappa shape index (κ3) is 4.65. The van der Waals surface area contributed by atoms with Gasteiger partial charge < -0.3 is 26.0 Å². The molecule has 5 N–H and O–H groups in total. The zero-order valence-corrected chi connectivity index (χ0v) is 23.0. The molecule has 0 spiro atoms. The molecule has 0 unspecified atom stereocenters. The molecule has 3 heterocycles. The molecule has 3 fully saturated rings. The Balaban J connectivity index is 1.40. The minimum absolute atomic E-state index is 0.0867. The van der Waals surface area contributed by atoms with Gasteiger partial charge in [0.2, 0.25) is 5.95 Å². The van der Waals surface area contributed by atoms with E-state index in [0.29, 0.717) is 24.1 Å². The van der Waals surface area contributed by atoms with Crippen LogP contribution in [0.2, 0.25) is 0 Å². The summed E-state index contributed by atoms with van der Waals surface area (Å²) < 4.78 is 1.07. The lowest BCUT2D eigenvalue weighted by Gasteiger charge is -2.26. The molecular weight excluding hydrogens is 500 g/mol. The molecule has 9 nitrogen and oxygen atoms in total. The molecule has 3 aromatic heterocycles. The van der Waals surface area contributed by atoms with E-state index in [1.54, 1.807) is 11.3 Å². The van der Waals surface area contributed by atoms with Crippen LogP contribution in [-0.4, -0.2) is 65.7 Å². The van der Waals surface area contributed by atoms with E-state index in [2.05, 4.69) is 22.5 Å². The van der Waals surface area contributed by atoms with Crippen LogP contribution in [0.5, 0.6) is 0 Å². The van der Waals surface area contributed by atoms with Crippen molar-refractivity contribution in [3.05, 3.63) is 23.7 Å². The highest BCUT2D eigenvalue weighted by molar-refractivity contribution is 7.21. The number of aryl methyl sites for hydroxylation is 2. The molecule has 10 heteroatoms. The van der Waals surface area contributed by atoms with Gasteiger partial charge in [0.1, 0.15) is 22.4 Å². The summed E-state index contributed by atoms with van der Waals surface area (Å²) >= 11 is 1.59. The summed E-state index contributed by atoms with van der Waals surface area (Å²) in [7, 11) is 0. The Bertz CT molecular complexity index is 1310. The molecule has 6 rings (SSSR count). The first-order valence-electron chi connectivity index (χ1n) is 14.1. The van der Waals surface area contributed by atoms with Gasteiger partial charge in [0, 0.05) is 24.3 Å². The van der Waals surface area contributed by atoms with Gasteiger partial charge >= 0.3 is 0 Å². The van der Waals surface area contributed by atoms with Crippen molar-refractivity contribution in [1.82, 2.24) is 19.9 Å². The smallest absolute Gasteiger partial charge is 0.225 e. The van der Waals surface area contributed by atoms with Gasteiger partial charge in [-0.05, 0) is 57.4 Å². The van der Waals surface area contributed by atoms with Crippen LogP contribution in [0.15, 0.2) is 12.3 Å². The SMILES string of the molecule is CCCc1nccc2sc(-c3c(C)nc(NC4(C5CCCC5)CC4)nc3N[C@@H]3C[C@H](CO)[C@@H](O)[C@H]3O)nc12. The van der Waals surface area contributed by atoms with Crippen molar-refractivity contribution in [2.24, 2.45) is 11.8 Å². The number of anilines is 2. The van der Waals surface area contributed by atoms with E-state index in [0.717, 1.165) is 57.9 Å². The molecule has 3 aliphatic rings. The van der Waals surface area contributed by atoms with Crippen LogP contribution in [-0.2, 0) is 6.42 Å². The van der Waals surface area contributed by atoms with Crippen molar-refractivity contribution in [3.8, 4) is 10.6 Å². The third-order valence-electron chi connectivity index (χ3n) is 8.82. The Morgan fingerprint density at radius 1 is 1.11 bits per heavy atom. The molecule has 3 aliphatic carbocycles. The normalized spacial score (nSPS) is 26.8. The van der Waals surface area contributed by atoms with Crippen molar-refractivity contribution in [2.75, 3.05) is 17.2 Å². The molecule has 0 aromatic carbocycles. The number of fused-ring (bicyclic) bond motifs is 1. The number of aliphatic hydroxyl groups is 3. The summed E-state index contributed by atoms with van der Waals surface area (Å²) in [4.78, 5) is 19.5. The first kappa shape index (κ1) is 25.9. The zero-order chi connectivity index (χ0) is 26.4. The Morgan fingerprint density at radius 2 is 1.89 bits per heavy atom. The standard InChI is InChI=1S/C28H38N6O3S/c1-3-6-18-22-20(9-12-29-18)38-26(32-22)21-15(2)30-27(34-28(10-11-28)17-7-4-5-8-17)33-25(21)31-19-13-16(14-35)23(36)24(19)37/h9,12,16-17,19,23-24,35-37H,3-8,10-11,13-14H2,1-2H3,(H2,30,31,33,34)/t16-,19-,23-,24+/m1/s1. The second kappa shape index (κ2) is 10.3. The fraction of sp³-hybridized carbons (Fsp3) is 0.643. The number of aliphatic hydroxyl groups excluding tert-OH is 3. The summed E-state index contributed by atoms with van der Waals surface area (Å²) in [6.07, 6.45) is 9.53. The lowest BCUT2D eigenvalue weighted by molar-refractivity contribution is 0.00446. The highest BCUT2D eigenvalue weighted by atomic mass is 32.1. The highest BCUT2D eigenvalue weighted by Gasteiger charge is 2.50. The largest absolute Gasteiger partial charge is 0.396 e. The summed E-state index contributed by atoms with van der Waals surface area (Å²) in [6, 6.07) is 1.55. The quantitative estimate of drug-likeness (QED) is 0.273. The molecule has 3 saturated carbocycles. The average Bonchev–Trinajstić information content (AvgIpc) is 3.24. The molecule has 204 valence electrons. The van der Waals surface area contributed by atoms with E-state index < -0.39 is 18.2 Å². The van der Waals surface area contributed by atoms with Gasteiger partial charge in [-0.25, -0.2) is 9.97 Å². The van der Waals surface area contributed by atoms with Crippen LogP contribution >= 0.6 is 11.3 Å². The van der Waals surface area contributed by atoms with Gasteiger partial charge in [-0.1, -0.05) is 26.2 Å². The molecule has 0 aliphatic heterocycles. The third-order valence-corrected chi connectivity index (χ3v) is 9.86. The molecule has 4 atom stereocenters. The van der Waals surface area contributed by atoms with E-state index >= 15 is 0 Å². The Kier molecular flexibility index (Phi) is 7.00. The van der Waals surface area contributed by atoms with Gasteiger partial charge in [0.05, 0.1) is 33.8 Å². The average molecular weight is 539 g/mol. The molecule has 0 amide bonds. The Labute approximate surface area is 227 Å². The van der Waals surface area contributed by atoms with E-state index in [9.17, 15) is 15.3 Å². The monoisotopic (exact) mass is 538 g/mol. The lowest BCUT2D eigenvalue weighted by Crippen LogP contribution is -2.36. The fourth-order valence-electron chi connectivity index (χ4n) is 6.52. The van der Waals surface area contributed by atoms with E-state index in [1.807, 2.05) is 19.2 Å². The van der Waals surface area contributed by atoms with Gasteiger partial charge in [0.25, 0.3) is 0 Å². The van der Waals surface area contributed by atoms with Crippen LogP contribution < -0.4 is 10.6 Å². The fourth-order valence-corrected chi connectivity index (χ4v) is 7.60. The van der Waals surface area contributed by atoms with Crippen molar-refractivity contribution in [1.29, 1.82) is 0 Å².